The van der Waals surface area contributed by atoms with Crippen LogP contribution in [-0.4, -0.2) is 43.0 Å². The number of nitrogens with one attached hydrogen (secondary N) is 3. The second-order valence-electron chi connectivity index (χ2n) is 6.52. The van der Waals surface area contributed by atoms with Gasteiger partial charge in [0.15, 0.2) is 10.8 Å². The molecule has 3 N–H and O–H groups in total. The second kappa shape index (κ2) is 8.66. The van der Waals surface area contributed by atoms with Gasteiger partial charge in [0.2, 0.25) is 5.91 Å². The molecule has 2 heterocycles. The zero-order valence-corrected chi connectivity index (χ0v) is 17.5. The maximum atomic E-state index is 12.4. The summed E-state index contributed by atoms with van der Waals surface area (Å²) in [7, 11) is 0. The number of hydrogen-bond acceptors (Lipinski definition) is 6. The van der Waals surface area contributed by atoms with Gasteiger partial charge in [-0.15, -0.1) is 0 Å². The van der Waals surface area contributed by atoms with E-state index in [1.165, 1.54) is 10.9 Å². The third-order valence-corrected chi connectivity index (χ3v) is 5.00. The summed E-state index contributed by atoms with van der Waals surface area (Å²) in [6.07, 6.45) is 1.42. The molecule has 0 aliphatic carbocycles. The molecular formula is C18H19ClN6O3S. The number of aromatic amines is 1. The Morgan fingerprint density at radius 2 is 2.03 bits per heavy atom. The predicted molar refractivity (Wildman–Crippen MR) is 112 cm³/mol. The summed E-state index contributed by atoms with van der Waals surface area (Å²) in [6, 6.07) is 6.31. The highest BCUT2D eigenvalue weighted by molar-refractivity contribution is 8.00. The van der Waals surface area contributed by atoms with Gasteiger partial charge in [-0.2, -0.15) is 5.10 Å². The van der Waals surface area contributed by atoms with Crippen molar-refractivity contribution in [1.82, 2.24) is 30.4 Å². The number of thioether (sulfide) groups is 1. The number of amides is 3. The topological polar surface area (TPSA) is 122 Å². The number of carbonyl (C=O) groups is 2. The van der Waals surface area contributed by atoms with Crippen molar-refractivity contribution >= 4 is 46.3 Å². The molecule has 11 heteroatoms. The number of aromatic nitrogens is 4. The van der Waals surface area contributed by atoms with Gasteiger partial charge in [-0.25, -0.2) is 14.5 Å². The van der Waals surface area contributed by atoms with Gasteiger partial charge in [-0.05, 0) is 39.0 Å². The number of H-pyrrole nitrogens is 1. The highest BCUT2D eigenvalue weighted by atomic mass is 35.5. The quantitative estimate of drug-likeness (QED) is 0.419. The van der Waals surface area contributed by atoms with E-state index in [-0.39, 0.29) is 16.8 Å². The largest absolute Gasteiger partial charge is 0.336 e. The Morgan fingerprint density at radius 3 is 2.72 bits per heavy atom. The molecule has 1 atom stereocenters. The molecule has 0 fully saturated rings. The number of rotatable bonds is 5. The Labute approximate surface area is 175 Å². The normalized spacial score (nSPS) is 12.2. The minimum Gasteiger partial charge on any atom is -0.336 e. The maximum Gasteiger partial charge on any atom is 0.321 e. The molecule has 0 aliphatic rings. The van der Waals surface area contributed by atoms with E-state index in [1.54, 1.807) is 45.0 Å². The fraction of sp³-hybridized carbons (Fsp3) is 0.278. The molecule has 9 nitrogen and oxygen atoms in total. The van der Waals surface area contributed by atoms with E-state index in [2.05, 4.69) is 25.7 Å². The van der Waals surface area contributed by atoms with Crippen LogP contribution in [0.3, 0.4) is 0 Å². The average molecular weight is 435 g/mol. The summed E-state index contributed by atoms with van der Waals surface area (Å²) < 4.78 is 1.50. The van der Waals surface area contributed by atoms with Crippen LogP contribution in [0.4, 0.5) is 4.79 Å². The van der Waals surface area contributed by atoms with Gasteiger partial charge >= 0.3 is 6.03 Å². The van der Waals surface area contributed by atoms with E-state index in [0.29, 0.717) is 21.7 Å². The van der Waals surface area contributed by atoms with E-state index >= 15 is 0 Å². The van der Waals surface area contributed by atoms with Crippen molar-refractivity contribution in [3.8, 4) is 5.69 Å². The van der Waals surface area contributed by atoms with E-state index in [1.807, 2.05) is 0 Å². The van der Waals surface area contributed by atoms with Crippen molar-refractivity contribution in [2.75, 3.05) is 0 Å². The Kier molecular flexibility index (Phi) is 6.23. The molecule has 29 heavy (non-hydrogen) atoms. The minimum atomic E-state index is -0.670. The Balaban J connectivity index is 1.85. The molecule has 3 aromatic rings. The molecule has 0 spiro atoms. The van der Waals surface area contributed by atoms with Crippen molar-refractivity contribution in [3.05, 3.63) is 45.8 Å². The van der Waals surface area contributed by atoms with Crippen molar-refractivity contribution in [1.29, 1.82) is 0 Å². The number of urea groups is 1. The fourth-order valence-corrected chi connectivity index (χ4v) is 3.46. The van der Waals surface area contributed by atoms with Gasteiger partial charge in [-0.3, -0.25) is 14.9 Å². The molecule has 0 saturated heterocycles. The van der Waals surface area contributed by atoms with Gasteiger partial charge in [0.25, 0.3) is 5.56 Å². The van der Waals surface area contributed by atoms with E-state index in [9.17, 15) is 14.4 Å². The number of benzene rings is 1. The molecule has 3 amide bonds. The lowest BCUT2D eigenvalue weighted by Crippen LogP contribution is -2.45. The van der Waals surface area contributed by atoms with Crippen LogP contribution < -0.4 is 16.2 Å². The molecule has 0 radical (unpaired) electrons. The molecule has 3 rings (SSSR count). The minimum absolute atomic E-state index is 0.0991. The maximum absolute atomic E-state index is 12.4. The highest BCUT2D eigenvalue weighted by Crippen LogP contribution is 2.22. The summed E-state index contributed by atoms with van der Waals surface area (Å²) in [5, 5.41) is 9.46. The van der Waals surface area contributed by atoms with Crippen LogP contribution >= 0.6 is 23.4 Å². The first-order valence-corrected chi connectivity index (χ1v) is 10.0. The van der Waals surface area contributed by atoms with Crippen LogP contribution in [0.2, 0.25) is 5.02 Å². The first kappa shape index (κ1) is 20.9. The lowest BCUT2D eigenvalue weighted by Gasteiger charge is -2.13. The van der Waals surface area contributed by atoms with E-state index < -0.39 is 17.2 Å². The third kappa shape index (κ3) is 4.96. The lowest BCUT2D eigenvalue weighted by molar-refractivity contribution is -0.119. The zero-order valence-electron chi connectivity index (χ0n) is 15.9. The monoisotopic (exact) mass is 434 g/mol. The van der Waals surface area contributed by atoms with E-state index in [4.69, 9.17) is 11.6 Å². The average Bonchev–Trinajstić information content (AvgIpc) is 3.05. The molecule has 0 unspecified atom stereocenters. The molecule has 0 saturated carbocycles. The molecular weight excluding hydrogens is 416 g/mol. The summed E-state index contributed by atoms with van der Waals surface area (Å²) in [5.74, 6) is -0.501. The van der Waals surface area contributed by atoms with Crippen LogP contribution in [0.15, 0.2) is 40.4 Å². The van der Waals surface area contributed by atoms with Gasteiger partial charge in [0.05, 0.1) is 17.1 Å². The van der Waals surface area contributed by atoms with Crippen molar-refractivity contribution in [2.24, 2.45) is 0 Å². The first-order chi connectivity index (χ1) is 13.7. The number of halogens is 1. The Morgan fingerprint density at radius 1 is 1.28 bits per heavy atom. The number of imide groups is 1. The zero-order chi connectivity index (χ0) is 21.1. The van der Waals surface area contributed by atoms with Gasteiger partial charge in [-0.1, -0.05) is 29.4 Å². The summed E-state index contributed by atoms with van der Waals surface area (Å²) in [6.45, 7) is 5.19. The molecule has 0 aliphatic heterocycles. The Bertz CT molecular complexity index is 1130. The highest BCUT2D eigenvalue weighted by Gasteiger charge is 2.20. The standard InChI is InChI=1S/C18H19ClN6O3S/c1-9(2)21-17(28)23-15(26)10(3)29-18-22-14-13(16(27)24-18)8-20-25(14)12-6-4-5-11(19)7-12/h4-10H,1-3H3,(H,22,24,27)(H2,21,23,26,28)/t10-/m0/s1. The van der Waals surface area contributed by atoms with Crippen LogP contribution in [0.1, 0.15) is 20.8 Å². The van der Waals surface area contributed by atoms with Crippen LogP contribution in [-0.2, 0) is 4.79 Å². The van der Waals surface area contributed by atoms with Crippen LogP contribution in [0.25, 0.3) is 16.7 Å². The fourth-order valence-electron chi connectivity index (χ4n) is 2.48. The van der Waals surface area contributed by atoms with Crippen molar-refractivity contribution in [3.63, 3.8) is 0 Å². The molecule has 2 aromatic heterocycles. The summed E-state index contributed by atoms with van der Waals surface area (Å²) in [5.41, 5.74) is 0.609. The molecule has 152 valence electrons. The van der Waals surface area contributed by atoms with Crippen LogP contribution in [0.5, 0.6) is 0 Å². The Hall–Kier alpha value is -2.85. The van der Waals surface area contributed by atoms with E-state index in [0.717, 1.165) is 11.8 Å². The molecule has 1 aromatic carbocycles. The van der Waals surface area contributed by atoms with Gasteiger partial charge in [0.1, 0.15) is 5.39 Å². The number of nitrogens with zero attached hydrogens (tertiary/aromatic N) is 3. The first-order valence-electron chi connectivity index (χ1n) is 8.76. The van der Waals surface area contributed by atoms with Crippen molar-refractivity contribution < 1.29 is 9.59 Å². The number of fused-ring (bicyclic) bond motifs is 1. The SMILES string of the molecule is CC(C)NC(=O)NC(=O)[C@H](C)Sc1nc2c(cnn2-c2cccc(Cl)c2)c(=O)[nH]1. The predicted octanol–water partition coefficient (Wildman–Crippen LogP) is 2.48. The number of hydrogen-bond donors (Lipinski definition) is 3. The number of carbonyl (C=O) groups excluding carboxylic acids is 2. The van der Waals surface area contributed by atoms with Crippen LogP contribution in [0, 0.1) is 0 Å². The molecule has 0 bridgehead atoms. The summed E-state index contributed by atoms with van der Waals surface area (Å²) >= 11 is 7.07. The van der Waals surface area contributed by atoms with Gasteiger partial charge in [0, 0.05) is 11.1 Å². The van der Waals surface area contributed by atoms with Gasteiger partial charge < -0.3 is 10.3 Å². The third-order valence-electron chi connectivity index (χ3n) is 3.78. The summed E-state index contributed by atoms with van der Waals surface area (Å²) in [4.78, 5) is 43.4. The van der Waals surface area contributed by atoms with Crippen molar-refractivity contribution in [2.45, 2.75) is 37.2 Å². The second-order valence-corrected chi connectivity index (χ2v) is 8.29. The lowest BCUT2D eigenvalue weighted by atomic mass is 10.3. The smallest absolute Gasteiger partial charge is 0.321 e.